The Morgan fingerprint density at radius 3 is 2.33 bits per heavy atom. The Morgan fingerprint density at radius 2 is 1.64 bits per heavy atom. The lowest BCUT2D eigenvalue weighted by atomic mass is 9.87. The van der Waals surface area contributed by atoms with Gasteiger partial charge in [0, 0.05) is 45.6 Å². The zero-order valence-corrected chi connectivity index (χ0v) is 22.8. The molecule has 0 saturated carbocycles. The van der Waals surface area contributed by atoms with Crippen LogP contribution in [0.4, 0.5) is 0 Å². The van der Waals surface area contributed by atoms with Gasteiger partial charge in [-0.25, -0.2) is 0 Å². The van der Waals surface area contributed by atoms with Crippen LogP contribution < -0.4 is 4.74 Å². The minimum atomic E-state index is -0.182. The highest BCUT2D eigenvalue weighted by molar-refractivity contribution is 5.91. The molecule has 8 nitrogen and oxygen atoms in total. The first-order valence-corrected chi connectivity index (χ1v) is 13.6. The third kappa shape index (κ3) is 5.70. The zero-order valence-electron chi connectivity index (χ0n) is 22.8. The molecule has 0 radical (unpaired) electrons. The predicted octanol–water partition coefficient (Wildman–Crippen LogP) is 4.29. The molecule has 1 fully saturated rings. The van der Waals surface area contributed by atoms with E-state index in [0.717, 1.165) is 17.5 Å². The van der Waals surface area contributed by atoms with E-state index in [1.807, 2.05) is 49.1 Å². The summed E-state index contributed by atoms with van der Waals surface area (Å²) in [6, 6.07) is 19.4. The summed E-state index contributed by atoms with van der Waals surface area (Å²) in [4.78, 5) is 43.0. The Kier molecular flexibility index (Phi) is 7.72. The minimum Gasteiger partial charge on any atom is -0.486 e. The summed E-state index contributed by atoms with van der Waals surface area (Å²) in [5.74, 6) is 1.38. The van der Waals surface area contributed by atoms with Crippen molar-refractivity contribution in [3.8, 4) is 5.75 Å². The van der Waals surface area contributed by atoms with E-state index in [1.165, 1.54) is 5.56 Å². The average molecular weight is 530 g/mol. The van der Waals surface area contributed by atoms with Crippen LogP contribution in [0.25, 0.3) is 0 Å². The lowest BCUT2D eigenvalue weighted by molar-refractivity contribution is -0.136. The second-order valence-electron chi connectivity index (χ2n) is 10.5. The maximum absolute atomic E-state index is 13.1. The topological polar surface area (TPSA) is 83.3 Å². The lowest BCUT2D eigenvalue weighted by Gasteiger charge is -2.39. The monoisotopic (exact) mass is 529 g/mol. The van der Waals surface area contributed by atoms with E-state index in [1.54, 1.807) is 28.9 Å². The number of carbonyl (C=O) groups is 3. The van der Waals surface area contributed by atoms with Crippen molar-refractivity contribution in [2.24, 2.45) is 5.92 Å². The Labute approximate surface area is 229 Å². The average Bonchev–Trinajstić information content (AvgIpc) is 3.44. The molecule has 0 aliphatic carbocycles. The van der Waals surface area contributed by atoms with Crippen molar-refractivity contribution in [2.75, 3.05) is 32.7 Å². The number of piperazine rings is 1. The molecule has 39 heavy (non-hydrogen) atoms. The van der Waals surface area contributed by atoms with E-state index in [2.05, 4.69) is 18.2 Å². The van der Waals surface area contributed by atoms with Crippen LogP contribution in [0.3, 0.4) is 0 Å². The lowest BCUT2D eigenvalue weighted by Crippen LogP contribution is -2.50. The number of nitrogens with zero attached hydrogens (tertiary/aromatic N) is 3. The second-order valence-corrected chi connectivity index (χ2v) is 10.5. The Morgan fingerprint density at radius 1 is 0.923 bits per heavy atom. The molecule has 1 atom stereocenters. The van der Waals surface area contributed by atoms with Gasteiger partial charge < -0.3 is 23.9 Å². The number of hydrogen-bond acceptors (Lipinski definition) is 5. The molecule has 8 heteroatoms. The summed E-state index contributed by atoms with van der Waals surface area (Å²) in [7, 11) is 0. The molecule has 1 aromatic heterocycles. The van der Waals surface area contributed by atoms with E-state index in [4.69, 9.17) is 9.15 Å². The fraction of sp³-hybridized carbons (Fsp3) is 0.387. The highest BCUT2D eigenvalue weighted by Crippen LogP contribution is 2.38. The van der Waals surface area contributed by atoms with Gasteiger partial charge in [0.05, 0.1) is 6.04 Å². The van der Waals surface area contributed by atoms with Crippen molar-refractivity contribution in [2.45, 2.75) is 39.8 Å². The molecule has 204 valence electrons. The van der Waals surface area contributed by atoms with Gasteiger partial charge in [0.25, 0.3) is 5.91 Å². The van der Waals surface area contributed by atoms with E-state index in [0.29, 0.717) is 44.2 Å². The molecule has 3 amide bonds. The van der Waals surface area contributed by atoms with Crippen molar-refractivity contribution < 1.29 is 23.5 Å². The van der Waals surface area contributed by atoms with E-state index >= 15 is 0 Å². The summed E-state index contributed by atoms with van der Waals surface area (Å²) < 4.78 is 11.9. The van der Waals surface area contributed by atoms with Crippen LogP contribution in [0.5, 0.6) is 5.75 Å². The number of rotatable bonds is 6. The highest BCUT2D eigenvalue weighted by Gasteiger charge is 2.33. The van der Waals surface area contributed by atoms with Gasteiger partial charge >= 0.3 is 0 Å². The van der Waals surface area contributed by atoms with Crippen molar-refractivity contribution in [3.63, 3.8) is 0 Å². The number of hydrogen-bond donors (Lipinski definition) is 0. The molecule has 5 rings (SSSR count). The molecule has 1 saturated heterocycles. The van der Waals surface area contributed by atoms with Gasteiger partial charge in [-0.15, -0.1) is 0 Å². The number of ether oxygens (including phenoxy) is 1. The van der Waals surface area contributed by atoms with Crippen LogP contribution in [-0.2, 0) is 22.6 Å². The first kappa shape index (κ1) is 26.5. The number of carbonyl (C=O) groups excluding carboxylic acids is 3. The van der Waals surface area contributed by atoms with E-state index in [-0.39, 0.29) is 42.0 Å². The predicted molar refractivity (Wildman–Crippen MR) is 146 cm³/mol. The molecule has 2 aromatic carbocycles. The summed E-state index contributed by atoms with van der Waals surface area (Å²) in [5, 5.41) is 0. The fourth-order valence-electron chi connectivity index (χ4n) is 5.35. The first-order valence-electron chi connectivity index (χ1n) is 13.6. The zero-order chi connectivity index (χ0) is 27.5. The minimum absolute atomic E-state index is 0.0241. The molecule has 3 aromatic rings. The second kappa shape index (κ2) is 11.4. The smallest absolute Gasteiger partial charge is 0.289 e. The SMILES string of the molecule is CC(=O)N1CCN(C(=O)c2ccc(COc3ccc4c(c3)C(c3ccccc3)N(C(=O)C(C)C)CC4)o2)CC1. The summed E-state index contributed by atoms with van der Waals surface area (Å²) in [6.07, 6.45) is 0.793. The van der Waals surface area contributed by atoms with Crippen LogP contribution in [0, 0.1) is 5.92 Å². The van der Waals surface area contributed by atoms with Gasteiger partial charge in [-0.2, -0.15) is 0 Å². The molecule has 0 spiro atoms. The third-order valence-corrected chi connectivity index (χ3v) is 7.50. The maximum atomic E-state index is 13.1. The molecule has 3 heterocycles. The highest BCUT2D eigenvalue weighted by atomic mass is 16.5. The van der Waals surface area contributed by atoms with Gasteiger partial charge in [-0.05, 0) is 47.4 Å². The van der Waals surface area contributed by atoms with Crippen molar-refractivity contribution >= 4 is 17.7 Å². The van der Waals surface area contributed by atoms with Crippen LogP contribution in [-0.4, -0.2) is 65.1 Å². The molecule has 0 N–H and O–H groups in total. The van der Waals surface area contributed by atoms with Crippen molar-refractivity contribution in [1.29, 1.82) is 0 Å². The number of benzene rings is 2. The van der Waals surface area contributed by atoms with Gasteiger partial charge in [0.1, 0.15) is 18.1 Å². The van der Waals surface area contributed by atoms with Gasteiger partial charge in [-0.1, -0.05) is 50.2 Å². The Hall–Kier alpha value is -4.07. The third-order valence-electron chi connectivity index (χ3n) is 7.50. The molecule has 1 unspecified atom stereocenters. The largest absolute Gasteiger partial charge is 0.486 e. The van der Waals surface area contributed by atoms with Crippen molar-refractivity contribution in [3.05, 3.63) is 88.9 Å². The van der Waals surface area contributed by atoms with E-state index in [9.17, 15) is 14.4 Å². The normalized spacial score (nSPS) is 17.2. The molecular weight excluding hydrogens is 494 g/mol. The van der Waals surface area contributed by atoms with Crippen molar-refractivity contribution in [1.82, 2.24) is 14.7 Å². The van der Waals surface area contributed by atoms with Gasteiger partial charge in [0.2, 0.25) is 11.8 Å². The molecule has 2 aliphatic heterocycles. The van der Waals surface area contributed by atoms with Crippen LogP contribution in [0.15, 0.2) is 65.1 Å². The fourth-order valence-corrected chi connectivity index (χ4v) is 5.35. The number of amides is 3. The maximum Gasteiger partial charge on any atom is 0.289 e. The number of fused-ring (bicyclic) bond motifs is 1. The Bertz CT molecular complexity index is 1340. The molecular formula is C31H35N3O5. The summed E-state index contributed by atoms with van der Waals surface area (Å²) in [6.45, 7) is 8.30. The molecule has 0 bridgehead atoms. The van der Waals surface area contributed by atoms with Crippen LogP contribution >= 0.6 is 0 Å². The quantitative estimate of drug-likeness (QED) is 0.476. The summed E-state index contributed by atoms with van der Waals surface area (Å²) >= 11 is 0. The Balaban J connectivity index is 1.29. The van der Waals surface area contributed by atoms with Gasteiger partial charge in [0.15, 0.2) is 5.76 Å². The standard InChI is InChI=1S/C31H35N3O5/c1-21(2)30(36)34-14-13-23-9-10-25(19-27(23)29(34)24-7-5-4-6-8-24)38-20-26-11-12-28(39-26)31(37)33-17-15-32(16-18-33)22(3)35/h4-12,19,21,29H,13-18,20H2,1-3H3. The van der Waals surface area contributed by atoms with Gasteiger partial charge in [-0.3, -0.25) is 14.4 Å². The van der Waals surface area contributed by atoms with E-state index < -0.39 is 0 Å². The first-order chi connectivity index (χ1) is 18.8. The van der Waals surface area contributed by atoms with Crippen LogP contribution in [0.2, 0.25) is 0 Å². The molecule has 2 aliphatic rings. The van der Waals surface area contributed by atoms with Crippen LogP contribution in [0.1, 0.15) is 59.8 Å². The number of furan rings is 1. The summed E-state index contributed by atoms with van der Waals surface area (Å²) in [5.41, 5.74) is 3.35.